The number of rotatable bonds is 1. The normalized spacial score (nSPS) is 10.9. The first-order valence-corrected chi connectivity index (χ1v) is 5.16. The van der Waals surface area contributed by atoms with E-state index in [2.05, 4.69) is 21.2 Å². The fraction of sp³-hybridized carbons (Fsp3) is 0. The van der Waals surface area contributed by atoms with Crippen LogP contribution < -0.4 is 0 Å². The van der Waals surface area contributed by atoms with Crippen molar-refractivity contribution in [3.63, 3.8) is 0 Å². The van der Waals surface area contributed by atoms with Gasteiger partial charge in [0, 0.05) is 6.20 Å². The van der Waals surface area contributed by atoms with E-state index in [-0.39, 0.29) is 0 Å². The minimum atomic E-state index is 0.940. The number of nitrogens with zero attached hydrogens (tertiary/aromatic N) is 2. The van der Waals surface area contributed by atoms with Crippen molar-refractivity contribution in [3.8, 4) is 10.6 Å². The first kappa shape index (κ1) is 7.70. The Morgan fingerprint density at radius 1 is 1.21 bits per heavy atom. The number of hydrogen-bond donors (Lipinski definition) is 1. The summed E-state index contributed by atoms with van der Waals surface area (Å²) in [5.74, 6) is 0. The Morgan fingerprint density at radius 3 is 3.07 bits per heavy atom. The van der Waals surface area contributed by atoms with Gasteiger partial charge in [-0.2, -0.15) is 5.10 Å². The van der Waals surface area contributed by atoms with Crippen LogP contribution in [0.5, 0.6) is 0 Å². The number of aromatic amines is 1. The molecule has 3 rings (SSSR count). The van der Waals surface area contributed by atoms with Gasteiger partial charge in [-0.1, -0.05) is 6.07 Å². The molecule has 3 nitrogen and oxygen atoms in total. The zero-order valence-electron chi connectivity index (χ0n) is 7.27. The minimum absolute atomic E-state index is 0.940. The molecule has 0 saturated heterocycles. The monoisotopic (exact) mass is 201 g/mol. The van der Waals surface area contributed by atoms with Crippen molar-refractivity contribution in [2.24, 2.45) is 0 Å². The predicted molar refractivity (Wildman–Crippen MR) is 57.2 cm³/mol. The van der Waals surface area contributed by atoms with Crippen molar-refractivity contribution in [1.82, 2.24) is 15.2 Å². The first-order chi connectivity index (χ1) is 6.95. The molecule has 0 bridgehead atoms. The number of fused-ring (bicyclic) bond motifs is 1. The lowest BCUT2D eigenvalue weighted by molar-refractivity contribution is 1.13. The molecule has 0 spiro atoms. The summed E-state index contributed by atoms with van der Waals surface area (Å²) in [4.78, 5) is 5.46. The van der Waals surface area contributed by atoms with Crippen LogP contribution in [0.3, 0.4) is 0 Å². The Morgan fingerprint density at radius 2 is 2.21 bits per heavy atom. The highest BCUT2D eigenvalue weighted by Crippen LogP contribution is 2.27. The summed E-state index contributed by atoms with van der Waals surface area (Å²) >= 11 is 1.67. The van der Waals surface area contributed by atoms with E-state index in [1.54, 1.807) is 17.5 Å². The highest BCUT2D eigenvalue weighted by atomic mass is 32.1. The van der Waals surface area contributed by atoms with Gasteiger partial charge in [-0.15, -0.1) is 11.3 Å². The van der Waals surface area contributed by atoms with Gasteiger partial charge < -0.3 is 0 Å². The molecule has 0 fully saturated rings. The van der Waals surface area contributed by atoms with E-state index in [0.29, 0.717) is 0 Å². The third-order valence-corrected chi connectivity index (χ3v) is 2.95. The Bertz CT molecular complexity index is 554. The molecule has 0 radical (unpaired) electrons. The molecule has 0 aliphatic rings. The van der Waals surface area contributed by atoms with E-state index in [1.165, 1.54) is 0 Å². The van der Waals surface area contributed by atoms with Gasteiger partial charge in [0.2, 0.25) is 0 Å². The second kappa shape index (κ2) is 2.92. The number of nitrogens with one attached hydrogen (secondary N) is 1. The van der Waals surface area contributed by atoms with Gasteiger partial charge in [0.1, 0.15) is 11.2 Å². The highest BCUT2D eigenvalue weighted by molar-refractivity contribution is 7.13. The van der Waals surface area contributed by atoms with Crippen LogP contribution in [0.4, 0.5) is 0 Å². The summed E-state index contributed by atoms with van der Waals surface area (Å²) < 4.78 is 0. The Labute approximate surface area is 84.4 Å². The third kappa shape index (κ3) is 1.04. The average molecular weight is 201 g/mol. The van der Waals surface area contributed by atoms with Gasteiger partial charge in [0.25, 0.3) is 0 Å². The summed E-state index contributed by atoms with van der Waals surface area (Å²) in [6.07, 6.45) is 1.79. The van der Waals surface area contributed by atoms with Crippen LogP contribution in [0.2, 0.25) is 0 Å². The molecule has 1 N–H and O–H groups in total. The van der Waals surface area contributed by atoms with E-state index in [0.717, 1.165) is 21.6 Å². The maximum absolute atomic E-state index is 4.31. The van der Waals surface area contributed by atoms with E-state index in [4.69, 9.17) is 0 Å². The molecule has 14 heavy (non-hydrogen) atoms. The number of pyridine rings is 1. The van der Waals surface area contributed by atoms with Gasteiger partial charge in [-0.05, 0) is 23.6 Å². The number of thiophene rings is 1. The third-order valence-electron chi connectivity index (χ3n) is 2.07. The van der Waals surface area contributed by atoms with Gasteiger partial charge in [0.05, 0.1) is 10.4 Å². The molecule has 0 saturated carbocycles. The molecule has 0 amide bonds. The lowest BCUT2D eigenvalue weighted by Gasteiger charge is -1.89. The SMILES string of the molecule is c1csc(-c2n[nH]c3cccnc23)c1. The van der Waals surface area contributed by atoms with Crippen LogP contribution in [0.1, 0.15) is 0 Å². The summed E-state index contributed by atoms with van der Waals surface area (Å²) in [5, 5.41) is 9.27. The van der Waals surface area contributed by atoms with E-state index >= 15 is 0 Å². The van der Waals surface area contributed by atoms with Crippen molar-refractivity contribution in [1.29, 1.82) is 0 Å². The molecule has 68 valence electrons. The molecule has 3 aromatic heterocycles. The van der Waals surface area contributed by atoms with Crippen molar-refractivity contribution in [2.75, 3.05) is 0 Å². The average Bonchev–Trinajstić information content (AvgIpc) is 2.85. The van der Waals surface area contributed by atoms with Crippen LogP contribution in [-0.4, -0.2) is 15.2 Å². The number of hydrogen-bond acceptors (Lipinski definition) is 3. The Kier molecular flexibility index (Phi) is 1.61. The lowest BCUT2D eigenvalue weighted by Crippen LogP contribution is -1.75. The van der Waals surface area contributed by atoms with E-state index in [9.17, 15) is 0 Å². The van der Waals surface area contributed by atoms with Crippen LogP contribution in [0.25, 0.3) is 21.6 Å². The molecule has 0 atom stereocenters. The molecule has 0 aliphatic carbocycles. The summed E-state index contributed by atoms with van der Waals surface area (Å²) in [5.41, 5.74) is 2.86. The van der Waals surface area contributed by atoms with E-state index in [1.807, 2.05) is 23.6 Å². The molecule has 0 aromatic carbocycles. The highest BCUT2D eigenvalue weighted by Gasteiger charge is 2.08. The fourth-order valence-corrected chi connectivity index (χ4v) is 2.15. The van der Waals surface area contributed by atoms with Gasteiger partial charge in [-0.25, -0.2) is 0 Å². The summed E-state index contributed by atoms with van der Waals surface area (Å²) in [6.45, 7) is 0. The molecule has 3 heterocycles. The molecule has 4 heteroatoms. The standard InChI is InChI=1S/C10H7N3S/c1-3-7-9(11-5-1)10(13-12-7)8-4-2-6-14-8/h1-6H,(H,12,13). The maximum Gasteiger partial charge on any atom is 0.128 e. The van der Waals surface area contributed by atoms with Crippen LogP contribution in [-0.2, 0) is 0 Å². The van der Waals surface area contributed by atoms with Gasteiger partial charge >= 0.3 is 0 Å². The smallest absolute Gasteiger partial charge is 0.128 e. The van der Waals surface area contributed by atoms with Crippen molar-refractivity contribution < 1.29 is 0 Å². The Hall–Kier alpha value is -1.68. The summed E-state index contributed by atoms with van der Waals surface area (Å²) in [6, 6.07) is 7.95. The second-order valence-electron chi connectivity index (χ2n) is 2.95. The van der Waals surface area contributed by atoms with Crippen molar-refractivity contribution in [2.45, 2.75) is 0 Å². The van der Waals surface area contributed by atoms with Crippen LogP contribution >= 0.6 is 11.3 Å². The molecule has 0 unspecified atom stereocenters. The van der Waals surface area contributed by atoms with Gasteiger partial charge in [0.15, 0.2) is 0 Å². The first-order valence-electron chi connectivity index (χ1n) is 4.28. The molecule has 0 aliphatic heterocycles. The molecule has 3 aromatic rings. The lowest BCUT2D eigenvalue weighted by atomic mass is 10.3. The second-order valence-corrected chi connectivity index (χ2v) is 3.90. The zero-order valence-corrected chi connectivity index (χ0v) is 8.08. The summed E-state index contributed by atoms with van der Waals surface area (Å²) in [7, 11) is 0. The minimum Gasteiger partial charge on any atom is -0.276 e. The topological polar surface area (TPSA) is 41.6 Å². The Balaban J connectivity index is 2.33. The van der Waals surface area contributed by atoms with Crippen LogP contribution in [0.15, 0.2) is 35.8 Å². The predicted octanol–water partition coefficient (Wildman–Crippen LogP) is 2.69. The van der Waals surface area contributed by atoms with Gasteiger partial charge in [-0.3, -0.25) is 10.1 Å². The number of aromatic nitrogens is 3. The van der Waals surface area contributed by atoms with Crippen LogP contribution in [0, 0.1) is 0 Å². The largest absolute Gasteiger partial charge is 0.276 e. The van der Waals surface area contributed by atoms with Crippen molar-refractivity contribution in [3.05, 3.63) is 35.8 Å². The molecular weight excluding hydrogens is 194 g/mol. The molecular formula is C10H7N3S. The van der Waals surface area contributed by atoms with E-state index < -0.39 is 0 Å². The fourth-order valence-electron chi connectivity index (χ4n) is 1.44. The van der Waals surface area contributed by atoms with Crippen molar-refractivity contribution >= 4 is 22.4 Å². The maximum atomic E-state index is 4.31. The zero-order chi connectivity index (χ0) is 9.38. The number of H-pyrrole nitrogens is 1. The quantitative estimate of drug-likeness (QED) is 0.657.